The number of carbonyl (C=O) groups excluding carboxylic acids is 2. The van der Waals surface area contributed by atoms with Crippen molar-refractivity contribution in [1.29, 1.82) is 0 Å². The fourth-order valence-electron chi connectivity index (χ4n) is 1.96. The van der Waals surface area contributed by atoms with E-state index in [4.69, 9.17) is 0 Å². The van der Waals surface area contributed by atoms with Crippen LogP contribution in [0.3, 0.4) is 0 Å². The smallest absolute Gasteiger partial charge is 0.233 e. The first-order chi connectivity index (χ1) is 10.4. The SMILES string of the molecule is CC(C)(C)C(=O)Nc1nnc(SCC(=O)N2CCCCC2)s1. The monoisotopic (exact) mass is 342 g/mol. The first kappa shape index (κ1) is 17.2. The van der Waals surface area contributed by atoms with Crippen molar-refractivity contribution >= 4 is 40.0 Å². The van der Waals surface area contributed by atoms with Crippen LogP contribution in [0.4, 0.5) is 5.13 Å². The Morgan fingerprint density at radius 1 is 1.23 bits per heavy atom. The van der Waals surface area contributed by atoms with Crippen LogP contribution < -0.4 is 5.32 Å². The van der Waals surface area contributed by atoms with Gasteiger partial charge in [-0.1, -0.05) is 43.9 Å². The Morgan fingerprint density at radius 2 is 1.91 bits per heavy atom. The summed E-state index contributed by atoms with van der Waals surface area (Å²) in [6, 6.07) is 0. The van der Waals surface area contributed by atoms with Crippen LogP contribution in [0.15, 0.2) is 4.34 Å². The van der Waals surface area contributed by atoms with Crippen LogP contribution in [-0.2, 0) is 9.59 Å². The van der Waals surface area contributed by atoms with Crippen molar-refractivity contribution in [1.82, 2.24) is 15.1 Å². The molecule has 6 nitrogen and oxygen atoms in total. The zero-order valence-electron chi connectivity index (χ0n) is 13.2. The molecule has 0 spiro atoms. The molecule has 0 aliphatic carbocycles. The van der Waals surface area contributed by atoms with Crippen molar-refractivity contribution in [3.05, 3.63) is 0 Å². The maximum Gasteiger partial charge on any atom is 0.233 e. The number of hydrogen-bond acceptors (Lipinski definition) is 6. The molecule has 1 aliphatic rings. The maximum atomic E-state index is 12.1. The van der Waals surface area contributed by atoms with Crippen LogP contribution in [-0.4, -0.2) is 45.8 Å². The molecule has 0 unspecified atom stereocenters. The number of nitrogens with zero attached hydrogens (tertiary/aromatic N) is 3. The number of aromatic nitrogens is 2. The quantitative estimate of drug-likeness (QED) is 0.672. The Balaban J connectivity index is 1.82. The fraction of sp³-hybridized carbons (Fsp3) is 0.714. The van der Waals surface area contributed by atoms with E-state index in [0.29, 0.717) is 15.2 Å². The lowest BCUT2D eigenvalue weighted by atomic mass is 9.96. The third-order valence-electron chi connectivity index (χ3n) is 3.34. The van der Waals surface area contributed by atoms with Gasteiger partial charge in [-0.05, 0) is 19.3 Å². The molecule has 122 valence electrons. The van der Waals surface area contributed by atoms with E-state index < -0.39 is 5.41 Å². The summed E-state index contributed by atoms with van der Waals surface area (Å²) in [6.07, 6.45) is 3.40. The van der Waals surface area contributed by atoms with Crippen LogP contribution in [0.5, 0.6) is 0 Å². The summed E-state index contributed by atoms with van der Waals surface area (Å²) in [4.78, 5) is 25.9. The van der Waals surface area contributed by atoms with Crippen molar-refractivity contribution in [2.24, 2.45) is 5.41 Å². The molecule has 22 heavy (non-hydrogen) atoms. The normalized spacial score (nSPS) is 15.7. The number of rotatable bonds is 4. The highest BCUT2D eigenvalue weighted by molar-refractivity contribution is 8.01. The van der Waals surface area contributed by atoms with E-state index in [2.05, 4.69) is 15.5 Å². The first-order valence-electron chi connectivity index (χ1n) is 7.42. The summed E-state index contributed by atoms with van der Waals surface area (Å²) in [5.41, 5.74) is -0.469. The molecule has 0 aromatic carbocycles. The number of thioether (sulfide) groups is 1. The molecule has 1 aromatic rings. The van der Waals surface area contributed by atoms with Gasteiger partial charge in [0, 0.05) is 18.5 Å². The van der Waals surface area contributed by atoms with E-state index in [9.17, 15) is 9.59 Å². The average Bonchev–Trinajstić information content (AvgIpc) is 2.92. The van der Waals surface area contributed by atoms with Crippen LogP contribution in [0.2, 0.25) is 0 Å². The zero-order chi connectivity index (χ0) is 16.2. The molecule has 2 heterocycles. The second kappa shape index (κ2) is 7.41. The Bertz CT molecular complexity index is 533. The van der Waals surface area contributed by atoms with E-state index in [1.165, 1.54) is 29.5 Å². The topological polar surface area (TPSA) is 75.2 Å². The molecule has 1 fully saturated rings. The second-order valence-corrected chi connectivity index (χ2v) is 8.51. The molecule has 2 amide bonds. The van der Waals surface area contributed by atoms with Crippen LogP contribution in [0, 0.1) is 5.41 Å². The molecule has 0 atom stereocenters. The van der Waals surface area contributed by atoms with E-state index in [1.807, 2.05) is 25.7 Å². The average molecular weight is 342 g/mol. The van der Waals surface area contributed by atoms with Gasteiger partial charge in [-0.2, -0.15) is 0 Å². The van der Waals surface area contributed by atoms with Crippen molar-refractivity contribution < 1.29 is 9.59 Å². The van der Waals surface area contributed by atoms with Gasteiger partial charge in [0.05, 0.1) is 5.75 Å². The molecule has 0 saturated carbocycles. The van der Waals surface area contributed by atoms with E-state index in [0.717, 1.165) is 25.9 Å². The molecule has 1 N–H and O–H groups in total. The maximum absolute atomic E-state index is 12.1. The van der Waals surface area contributed by atoms with Crippen molar-refractivity contribution in [2.45, 2.75) is 44.4 Å². The number of carbonyl (C=O) groups is 2. The molecule has 0 radical (unpaired) electrons. The van der Waals surface area contributed by atoms with Gasteiger partial charge < -0.3 is 10.2 Å². The van der Waals surface area contributed by atoms with Gasteiger partial charge in [0.25, 0.3) is 0 Å². The van der Waals surface area contributed by atoms with Crippen molar-refractivity contribution in [3.63, 3.8) is 0 Å². The lowest BCUT2D eigenvalue weighted by molar-refractivity contribution is -0.129. The summed E-state index contributed by atoms with van der Waals surface area (Å²) in [5, 5.41) is 11.2. The Morgan fingerprint density at radius 3 is 2.55 bits per heavy atom. The Kier molecular flexibility index (Phi) is 5.80. The third-order valence-corrected chi connectivity index (χ3v) is 5.29. The van der Waals surface area contributed by atoms with Gasteiger partial charge in [-0.15, -0.1) is 10.2 Å². The summed E-state index contributed by atoms with van der Waals surface area (Å²) in [7, 11) is 0. The fourth-order valence-corrected chi connectivity index (χ4v) is 3.61. The molecule has 1 aromatic heterocycles. The Labute approximate surface area is 139 Å². The van der Waals surface area contributed by atoms with Gasteiger partial charge >= 0.3 is 0 Å². The first-order valence-corrected chi connectivity index (χ1v) is 9.22. The van der Waals surface area contributed by atoms with Crippen LogP contribution in [0.1, 0.15) is 40.0 Å². The highest BCUT2D eigenvalue weighted by atomic mass is 32.2. The van der Waals surface area contributed by atoms with Gasteiger partial charge in [-0.3, -0.25) is 9.59 Å². The summed E-state index contributed by atoms with van der Waals surface area (Å²) in [6.45, 7) is 7.26. The van der Waals surface area contributed by atoms with Crippen molar-refractivity contribution in [3.8, 4) is 0 Å². The van der Waals surface area contributed by atoms with E-state index in [-0.39, 0.29) is 11.8 Å². The van der Waals surface area contributed by atoms with Crippen LogP contribution in [0.25, 0.3) is 0 Å². The second-order valence-electron chi connectivity index (χ2n) is 6.31. The van der Waals surface area contributed by atoms with Gasteiger partial charge in [-0.25, -0.2) is 0 Å². The van der Waals surface area contributed by atoms with Crippen LogP contribution >= 0.6 is 23.1 Å². The lowest BCUT2D eigenvalue weighted by Crippen LogP contribution is -2.36. The molecular formula is C14H22N4O2S2. The minimum absolute atomic E-state index is 0.0930. The largest absolute Gasteiger partial charge is 0.342 e. The predicted molar refractivity (Wildman–Crippen MR) is 89.1 cm³/mol. The summed E-state index contributed by atoms with van der Waals surface area (Å²) >= 11 is 2.68. The molecule has 1 saturated heterocycles. The molecule has 0 bridgehead atoms. The third kappa shape index (κ3) is 4.95. The molecule has 2 rings (SSSR count). The molecule has 8 heteroatoms. The van der Waals surface area contributed by atoms with Gasteiger partial charge in [0.2, 0.25) is 16.9 Å². The lowest BCUT2D eigenvalue weighted by Gasteiger charge is -2.26. The zero-order valence-corrected chi connectivity index (χ0v) is 14.9. The Hall–Kier alpha value is -1.15. The highest BCUT2D eigenvalue weighted by Crippen LogP contribution is 2.27. The predicted octanol–water partition coefficient (Wildman–Crippen LogP) is 2.63. The number of anilines is 1. The number of piperidine rings is 1. The number of likely N-dealkylation sites (tertiary alicyclic amines) is 1. The summed E-state index contributed by atoms with van der Waals surface area (Å²) in [5.74, 6) is 0.437. The minimum Gasteiger partial charge on any atom is -0.342 e. The highest BCUT2D eigenvalue weighted by Gasteiger charge is 2.23. The van der Waals surface area contributed by atoms with E-state index in [1.54, 1.807) is 0 Å². The molecular weight excluding hydrogens is 320 g/mol. The van der Waals surface area contributed by atoms with Crippen molar-refractivity contribution in [2.75, 3.05) is 24.2 Å². The van der Waals surface area contributed by atoms with Gasteiger partial charge in [0.1, 0.15) is 0 Å². The standard InChI is InChI=1S/C14H22N4O2S2/c1-14(2,3)11(20)15-12-16-17-13(22-12)21-9-10(19)18-7-5-4-6-8-18/h4-9H2,1-3H3,(H,15,16,20). The summed E-state index contributed by atoms with van der Waals surface area (Å²) < 4.78 is 0.703. The number of amides is 2. The number of nitrogens with one attached hydrogen (secondary N) is 1. The minimum atomic E-state index is -0.469. The van der Waals surface area contributed by atoms with Gasteiger partial charge in [0.15, 0.2) is 4.34 Å². The van der Waals surface area contributed by atoms with E-state index >= 15 is 0 Å². The number of hydrogen-bond donors (Lipinski definition) is 1. The molecule has 1 aliphatic heterocycles.